The summed E-state index contributed by atoms with van der Waals surface area (Å²) in [7, 11) is 0. The Morgan fingerprint density at radius 3 is 2.41 bits per heavy atom. The van der Waals surface area contributed by atoms with Crippen molar-refractivity contribution < 1.29 is 31.5 Å². The van der Waals surface area contributed by atoms with Gasteiger partial charge in [-0.05, 0) is 43.3 Å². The SMILES string of the molecule is CC(OCC(F)(F)F)C(=O)Nc1ccc(-c2nc3ccccc3n2C(F)F)cc1. The maximum absolute atomic E-state index is 13.5. The van der Waals surface area contributed by atoms with Gasteiger partial charge in [0.15, 0.2) is 0 Å². The van der Waals surface area contributed by atoms with E-state index in [2.05, 4.69) is 15.0 Å². The smallest absolute Gasteiger partial charge is 0.359 e. The molecule has 10 heteroatoms. The van der Waals surface area contributed by atoms with Crippen molar-refractivity contribution in [2.75, 3.05) is 11.9 Å². The molecule has 0 radical (unpaired) electrons. The number of hydrogen-bond donors (Lipinski definition) is 1. The van der Waals surface area contributed by atoms with Crippen molar-refractivity contribution in [3.05, 3.63) is 48.5 Å². The summed E-state index contributed by atoms with van der Waals surface area (Å²) in [6, 6.07) is 12.3. The minimum Gasteiger partial charge on any atom is -0.359 e. The molecule has 0 aliphatic rings. The van der Waals surface area contributed by atoms with E-state index in [-0.39, 0.29) is 17.0 Å². The van der Waals surface area contributed by atoms with Gasteiger partial charge in [-0.15, -0.1) is 0 Å². The Kier molecular flexibility index (Phi) is 5.83. The third-order valence-corrected chi connectivity index (χ3v) is 4.07. The number of imidazole rings is 1. The molecule has 1 atom stereocenters. The van der Waals surface area contributed by atoms with Crippen molar-refractivity contribution in [2.45, 2.75) is 25.8 Å². The van der Waals surface area contributed by atoms with E-state index in [1.54, 1.807) is 18.2 Å². The number of para-hydroxylation sites is 2. The Bertz CT molecular complexity index is 999. The fourth-order valence-corrected chi connectivity index (χ4v) is 2.69. The van der Waals surface area contributed by atoms with E-state index in [4.69, 9.17) is 0 Å². The highest BCUT2D eigenvalue weighted by Gasteiger charge is 2.30. The number of benzene rings is 2. The number of ether oxygens (including phenoxy) is 1. The first-order valence-electron chi connectivity index (χ1n) is 8.50. The molecule has 2 aromatic carbocycles. The van der Waals surface area contributed by atoms with Gasteiger partial charge in [0.25, 0.3) is 5.91 Å². The van der Waals surface area contributed by atoms with Crippen molar-refractivity contribution in [1.82, 2.24) is 9.55 Å². The van der Waals surface area contributed by atoms with Gasteiger partial charge in [0.2, 0.25) is 0 Å². The quantitative estimate of drug-likeness (QED) is 0.579. The number of amides is 1. The van der Waals surface area contributed by atoms with E-state index in [1.165, 1.54) is 37.3 Å². The standard InChI is InChI=1S/C19H16F5N3O2/c1-11(29-10-19(22,23)24)17(28)25-13-8-6-12(7-9-13)16-26-14-4-2-3-5-15(14)27(16)18(20)21/h2-9,11,18H,10H2,1H3,(H,25,28). The molecular formula is C19H16F5N3O2. The average molecular weight is 413 g/mol. The monoisotopic (exact) mass is 413 g/mol. The minimum absolute atomic E-state index is 0.0564. The predicted molar refractivity (Wildman–Crippen MR) is 96.5 cm³/mol. The molecule has 1 amide bonds. The number of alkyl halides is 5. The number of anilines is 1. The molecule has 0 aliphatic heterocycles. The Hall–Kier alpha value is -3.01. The third kappa shape index (κ3) is 4.89. The van der Waals surface area contributed by atoms with Gasteiger partial charge < -0.3 is 10.1 Å². The number of aromatic nitrogens is 2. The zero-order valence-electron chi connectivity index (χ0n) is 15.1. The highest BCUT2D eigenvalue weighted by atomic mass is 19.4. The van der Waals surface area contributed by atoms with E-state index in [1.807, 2.05) is 0 Å². The van der Waals surface area contributed by atoms with Crippen molar-refractivity contribution in [3.8, 4) is 11.4 Å². The number of nitrogens with one attached hydrogen (secondary N) is 1. The largest absolute Gasteiger partial charge is 0.411 e. The minimum atomic E-state index is -4.54. The van der Waals surface area contributed by atoms with Crippen LogP contribution >= 0.6 is 0 Å². The molecule has 1 heterocycles. The number of carbonyl (C=O) groups excluding carboxylic acids is 1. The molecule has 1 aromatic heterocycles. The molecule has 1 unspecified atom stereocenters. The second kappa shape index (κ2) is 8.16. The van der Waals surface area contributed by atoms with E-state index in [9.17, 15) is 26.7 Å². The highest BCUT2D eigenvalue weighted by Crippen LogP contribution is 2.30. The summed E-state index contributed by atoms with van der Waals surface area (Å²) in [5, 5.41) is 2.41. The molecule has 0 saturated carbocycles. The maximum Gasteiger partial charge on any atom is 0.411 e. The van der Waals surface area contributed by atoms with Crippen LogP contribution in [0.3, 0.4) is 0 Å². The average Bonchev–Trinajstić information content (AvgIpc) is 3.05. The highest BCUT2D eigenvalue weighted by molar-refractivity contribution is 5.94. The van der Waals surface area contributed by atoms with Crippen molar-refractivity contribution >= 4 is 22.6 Å². The summed E-state index contributed by atoms with van der Waals surface area (Å²) < 4.78 is 68.8. The summed E-state index contributed by atoms with van der Waals surface area (Å²) in [5.41, 5.74) is 1.36. The van der Waals surface area contributed by atoms with Gasteiger partial charge in [-0.3, -0.25) is 9.36 Å². The van der Waals surface area contributed by atoms with Crippen molar-refractivity contribution in [3.63, 3.8) is 0 Å². The summed E-state index contributed by atoms with van der Waals surface area (Å²) >= 11 is 0. The van der Waals surface area contributed by atoms with Crippen LogP contribution in [0.2, 0.25) is 0 Å². The van der Waals surface area contributed by atoms with Gasteiger partial charge in [-0.25, -0.2) is 4.98 Å². The molecule has 1 N–H and O–H groups in total. The second-order valence-electron chi connectivity index (χ2n) is 6.21. The molecule has 3 aromatic rings. The zero-order valence-corrected chi connectivity index (χ0v) is 15.1. The van der Waals surface area contributed by atoms with Gasteiger partial charge in [0.1, 0.15) is 18.5 Å². The van der Waals surface area contributed by atoms with Crippen LogP contribution in [0, 0.1) is 0 Å². The molecule has 0 aliphatic carbocycles. The number of carbonyl (C=O) groups is 1. The molecule has 29 heavy (non-hydrogen) atoms. The van der Waals surface area contributed by atoms with Crippen LogP contribution in [0.15, 0.2) is 48.5 Å². The van der Waals surface area contributed by atoms with E-state index in [0.29, 0.717) is 11.1 Å². The van der Waals surface area contributed by atoms with Gasteiger partial charge in [0, 0.05) is 11.3 Å². The Labute approximate surface area is 162 Å². The Morgan fingerprint density at radius 2 is 1.79 bits per heavy atom. The van der Waals surface area contributed by atoms with Gasteiger partial charge in [-0.2, -0.15) is 22.0 Å². The van der Waals surface area contributed by atoms with E-state index < -0.39 is 31.3 Å². The predicted octanol–water partition coefficient (Wildman–Crippen LogP) is 5.00. The number of fused-ring (bicyclic) bond motifs is 1. The summed E-state index contributed by atoms with van der Waals surface area (Å²) in [5.74, 6) is -0.706. The Morgan fingerprint density at radius 1 is 1.14 bits per heavy atom. The maximum atomic E-state index is 13.5. The number of rotatable bonds is 6. The van der Waals surface area contributed by atoms with Gasteiger partial charge in [-0.1, -0.05) is 12.1 Å². The van der Waals surface area contributed by atoms with Gasteiger partial charge in [0.05, 0.1) is 11.0 Å². The molecule has 3 rings (SSSR count). The molecule has 0 bridgehead atoms. The van der Waals surface area contributed by atoms with Crippen LogP contribution in [-0.4, -0.2) is 34.3 Å². The number of halogens is 5. The van der Waals surface area contributed by atoms with Crippen molar-refractivity contribution in [1.29, 1.82) is 0 Å². The number of hydrogen-bond acceptors (Lipinski definition) is 3. The van der Waals surface area contributed by atoms with Crippen LogP contribution in [0.4, 0.5) is 27.6 Å². The molecular weight excluding hydrogens is 397 g/mol. The van der Waals surface area contributed by atoms with Crippen LogP contribution < -0.4 is 5.32 Å². The van der Waals surface area contributed by atoms with Crippen molar-refractivity contribution in [2.24, 2.45) is 0 Å². The second-order valence-corrected chi connectivity index (χ2v) is 6.21. The van der Waals surface area contributed by atoms with Crippen LogP contribution in [0.1, 0.15) is 13.5 Å². The first kappa shape index (κ1) is 20.7. The zero-order chi connectivity index (χ0) is 21.2. The van der Waals surface area contributed by atoms with Gasteiger partial charge >= 0.3 is 12.7 Å². The summed E-state index contributed by atoms with van der Waals surface area (Å²) in [6.07, 6.45) is -5.86. The lowest BCUT2D eigenvalue weighted by atomic mass is 10.2. The molecule has 0 spiro atoms. The number of nitrogens with zero attached hydrogens (tertiary/aromatic N) is 2. The lowest BCUT2D eigenvalue weighted by Gasteiger charge is -2.15. The first-order valence-corrected chi connectivity index (χ1v) is 8.50. The van der Waals surface area contributed by atoms with Crippen LogP contribution in [0.25, 0.3) is 22.4 Å². The summed E-state index contributed by atoms with van der Waals surface area (Å²) in [6.45, 7) is -3.14. The third-order valence-electron chi connectivity index (χ3n) is 4.07. The molecule has 154 valence electrons. The topological polar surface area (TPSA) is 56.1 Å². The summed E-state index contributed by atoms with van der Waals surface area (Å²) in [4.78, 5) is 16.2. The lowest BCUT2D eigenvalue weighted by Crippen LogP contribution is -2.31. The van der Waals surface area contributed by atoms with E-state index >= 15 is 0 Å². The fourth-order valence-electron chi connectivity index (χ4n) is 2.69. The normalized spacial score (nSPS) is 13.1. The first-order chi connectivity index (χ1) is 13.7. The molecule has 0 saturated heterocycles. The lowest BCUT2D eigenvalue weighted by molar-refractivity contribution is -0.184. The molecule has 0 fully saturated rings. The fraction of sp³-hybridized carbons (Fsp3) is 0.263. The molecule has 5 nitrogen and oxygen atoms in total. The Balaban J connectivity index is 1.76. The van der Waals surface area contributed by atoms with Crippen LogP contribution in [-0.2, 0) is 9.53 Å². The van der Waals surface area contributed by atoms with Crippen LogP contribution in [0.5, 0.6) is 0 Å². The van der Waals surface area contributed by atoms with E-state index in [0.717, 1.165) is 4.57 Å².